The van der Waals surface area contributed by atoms with Crippen LogP contribution in [0.4, 0.5) is 4.39 Å². The number of benzene rings is 2. The van der Waals surface area contributed by atoms with Crippen LogP contribution in [-0.4, -0.2) is 17.3 Å². The molecule has 0 fully saturated rings. The lowest BCUT2D eigenvalue weighted by atomic mass is 10.0. The van der Waals surface area contributed by atoms with Gasteiger partial charge in [0.15, 0.2) is 5.67 Å². The van der Waals surface area contributed by atoms with Gasteiger partial charge in [0.2, 0.25) is 0 Å². The molecule has 0 saturated carbocycles. The van der Waals surface area contributed by atoms with Crippen LogP contribution in [0.2, 0.25) is 0 Å². The van der Waals surface area contributed by atoms with Gasteiger partial charge in [0.25, 0.3) is 5.91 Å². The smallest absolute Gasteiger partial charge is 0.267 e. The first-order chi connectivity index (χ1) is 9.58. The number of carbonyl (C=O) groups is 1. The molecule has 2 aromatic carbocycles. The lowest BCUT2D eigenvalue weighted by Crippen LogP contribution is -2.27. The molecule has 0 aliphatic heterocycles. The zero-order valence-electron chi connectivity index (χ0n) is 11.1. The Morgan fingerprint density at radius 2 is 1.75 bits per heavy atom. The molecule has 20 heavy (non-hydrogen) atoms. The number of hydrogen-bond donors (Lipinski definition) is 0. The summed E-state index contributed by atoms with van der Waals surface area (Å²) in [5.41, 5.74) is 0.759. The second-order valence-corrected chi connectivity index (χ2v) is 5.16. The first kappa shape index (κ1) is 12.7. The van der Waals surface area contributed by atoms with Gasteiger partial charge in [0.05, 0.1) is 5.71 Å². The van der Waals surface area contributed by atoms with Crippen LogP contribution in [0.1, 0.15) is 28.4 Å². The fourth-order valence-corrected chi connectivity index (χ4v) is 2.55. The molecule has 0 aromatic heterocycles. The van der Waals surface area contributed by atoms with Gasteiger partial charge in [0.1, 0.15) is 0 Å². The summed E-state index contributed by atoms with van der Waals surface area (Å²) in [6, 6.07) is 16.1. The molecule has 1 aliphatic carbocycles. The Kier molecular flexibility index (Phi) is 2.97. The number of rotatable bonds is 1. The quantitative estimate of drug-likeness (QED) is 0.776. The molecule has 0 bridgehead atoms. The average Bonchev–Trinajstić information content (AvgIpc) is 2.70. The molecule has 3 heteroatoms. The first-order valence-corrected chi connectivity index (χ1v) is 6.54. The minimum atomic E-state index is -1.59. The van der Waals surface area contributed by atoms with E-state index in [9.17, 15) is 9.18 Å². The number of carbonyl (C=O) groups excluding carboxylic acids is 1. The summed E-state index contributed by atoms with van der Waals surface area (Å²) in [7, 11) is 0. The number of amides is 1. The van der Waals surface area contributed by atoms with Crippen molar-refractivity contribution in [3.8, 4) is 0 Å². The van der Waals surface area contributed by atoms with Crippen molar-refractivity contribution in [3.63, 3.8) is 0 Å². The van der Waals surface area contributed by atoms with E-state index in [1.54, 1.807) is 24.3 Å². The molecule has 0 saturated heterocycles. The van der Waals surface area contributed by atoms with Crippen LogP contribution in [0.5, 0.6) is 0 Å². The fraction of sp³-hybridized carbons (Fsp3) is 0.176. The predicted molar refractivity (Wildman–Crippen MR) is 77.0 cm³/mol. The van der Waals surface area contributed by atoms with E-state index in [1.807, 2.05) is 30.3 Å². The third-order valence-corrected chi connectivity index (χ3v) is 3.52. The Bertz CT molecular complexity index is 689. The summed E-state index contributed by atoms with van der Waals surface area (Å²) in [6.45, 7) is 1.48. The SMILES string of the molecule is CC1(F)Cc2ccccc2/C1=N/C(=O)c1ccccc1. The summed E-state index contributed by atoms with van der Waals surface area (Å²) >= 11 is 0. The van der Waals surface area contributed by atoms with Gasteiger partial charge in [-0.1, -0.05) is 42.5 Å². The largest absolute Gasteiger partial charge is 0.277 e. The van der Waals surface area contributed by atoms with E-state index in [0.717, 1.165) is 11.1 Å². The van der Waals surface area contributed by atoms with E-state index in [-0.39, 0.29) is 12.1 Å². The number of aliphatic imine (C=N–C) groups is 1. The van der Waals surface area contributed by atoms with E-state index in [0.29, 0.717) is 5.56 Å². The highest BCUT2D eigenvalue weighted by molar-refractivity contribution is 6.16. The highest BCUT2D eigenvalue weighted by atomic mass is 19.1. The Morgan fingerprint density at radius 3 is 2.50 bits per heavy atom. The summed E-state index contributed by atoms with van der Waals surface area (Å²) < 4.78 is 14.7. The highest BCUT2D eigenvalue weighted by Gasteiger charge is 2.40. The molecular weight excluding hydrogens is 253 g/mol. The molecule has 0 spiro atoms. The lowest BCUT2D eigenvalue weighted by molar-refractivity contribution is 0.100. The van der Waals surface area contributed by atoms with Crippen LogP contribution < -0.4 is 0 Å². The van der Waals surface area contributed by atoms with Crippen LogP contribution in [0.3, 0.4) is 0 Å². The van der Waals surface area contributed by atoms with Crippen molar-refractivity contribution in [2.24, 2.45) is 4.99 Å². The van der Waals surface area contributed by atoms with Gasteiger partial charge in [-0.15, -0.1) is 0 Å². The van der Waals surface area contributed by atoms with Crippen LogP contribution in [0, 0.1) is 0 Å². The van der Waals surface area contributed by atoms with Crippen LogP contribution >= 0.6 is 0 Å². The molecular formula is C17H14FNO. The summed E-state index contributed by atoms with van der Waals surface area (Å²) in [5.74, 6) is -0.402. The highest BCUT2D eigenvalue weighted by Crippen LogP contribution is 2.33. The van der Waals surface area contributed by atoms with Crippen molar-refractivity contribution >= 4 is 11.6 Å². The molecule has 1 aliphatic rings. The molecule has 2 aromatic rings. The Morgan fingerprint density at radius 1 is 1.10 bits per heavy atom. The number of alkyl halides is 1. The van der Waals surface area contributed by atoms with Crippen molar-refractivity contribution < 1.29 is 9.18 Å². The molecule has 1 atom stereocenters. The number of nitrogens with zero attached hydrogens (tertiary/aromatic N) is 1. The van der Waals surface area contributed by atoms with E-state index < -0.39 is 11.6 Å². The Balaban J connectivity index is 2.04. The molecule has 100 valence electrons. The molecule has 3 rings (SSSR count). The third-order valence-electron chi connectivity index (χ3n) is 3.52. The van der Waals surface area contributed by atoms with Crippen molar-refractivity contribution in [2.45, 2.75) is 19.0 Å². The molecule has 1 amide bonds. The van der Waals surface area contributed by atoms with E-state index in [4.69, 9.17) is 0 Å². The van der Waals surface area contributed by atoms with Gasteiger partial charge in [-0.2, -0.15) is 0 Å². The fourth-order valence-electron chi connectivity index (χ4n) is 2.55. The number of halogens is 1. The van der Waals surface area contributed by atoms with Gasteiger partial charge >= 0.3 is 0 Å². The maximum absolute atomic E-state index is 14.7. The van der Waals surface area contributed by atoms with Gasteiger partial charge in [0, 0.05) is 17.5 Å². The normalized spacial score (nSPS) is 22.8. The lowest BCUT2D eigenvalue weighted by Gasteiger charge is -2.13. The summed E-state index contributed by atoms with van der Waals surface area (Å²) in [4.78, 5) is 16.2. The Labute approximate surface area is 117 Å². The maximum atomic E-state index is 14.7. The molecule has 2 nitrogen and oxygen atoms in total. The van der Waals surface area contributed by atoms with Crippen LogP contribution in [-0.2, 0) is 6.42 Å². The van der Waals surface area contributed by atoms with Crippen molar-refractivity contribution in [1.82, 2.24) is 0 Å². The summed E-state index contributed by atoms with van der Waals surface area (Å²) in [6.07, 6.45) is 0.268. The second kappa shape index (κ2) is 4.67. The monoisotopic (exact) mass is 267 g/mol. The van der Waals surface area contributed by atoms with Gasteiger partial charge in [-0.05, 0) is 24.6 Å². The summed E-state index contributed by atoms with van der Waals surface area (Å²) in [5, 5.41) is 0. The molecule has 0 N–H and O–H groups in total. The molecule has 0 radical (unpaired) electrons. The minimum Gasteiger partial charge on any atom is -0.267 e. The zero-order chi connectivity index (χ0) is 14.2. The van der Waals surface area contributed by atoms with Crippen LogP contribution in [0.15, 0.2) is 59.6 Å². The van der Waals surface area contributed by atoms with Crippen molar-refractivity contribution in [2.75, 3.05) is 0 Å². The van der Waals surface area contributed by atoms with Crippen molar-refractivity contribution in [1.29, 1.82) is 0 Å². The van der Waals surface area contributed by atoms with E-state index >= 15 is 0 Å². The van der Waals surface area contributed by atoms with Gasteiger partial charge in [-0.25, -0.2) is 9.38 Å². The topological polar surface area (TPSA) is 29.4 Å². The molecule has 1 unspecified atom stereocenters. The zero-order valence-corrected chi connectivity index (χ0v) is 11.1. The molecule has 0 heterocycles. The predicted octanol–water partition coefficient (Wildman–Crippen LogP) is 3.60. The minimum absolute atomic E-state index is 0.238. The second-order valence-electron chi connectivity index (χ2n) is 5.16. The Hall–Kier alpha value is -2.29. The number of hydrogen-bond acceptors (Lipinski definition) is 1. The maximum Gasteiger partial charge on any atom is 0.277 e. The van der Waals surface area contributed by atoms with Crippen LogP contribution in [0.25, 0.3) is 0 Å². The van der Waals surface area contributed by atoms with Gasteiger partial charge in [-0.3, -0.25) is 4.79 Å². The third kappa shape index (κ3) is 2.16. The van der Waals surface area contributed by atoms with E-state index in [1.165, 1.54) is 6.92 Å². The average molecular weight is 267 g/mol. The first-order valence-electron chi connectivity index (χ1n) is 6.54. The van der Waals surface area contributed by atoms with E-state index in [2.05, 4.69) is 4.99 Å². The number of fused-ring (bicyclic) bond motifs is 1. The van der Waals surface area contributed by atoms with Crippen molar-refractivity contribution in [3.05, 3.63) is 71.3 Å². The standard InChI is InChI=1S/C17H14FNO/c1-17(18)11-13-9-5-6-10-14(13)15(17)19-16(20)12-7-3-2-4-8-12/h2-10H,11H2,1H3/b19-15-. The van der Waals surface area contributed by atoms with Gasteiger partial charge < -0.3 is 0 Å².